The van der Waals surface area contributed by atoms with E-state index < -0.39 is 10.8 Å². The van der Waals surface area contributed by atoms with Gasteiger partial charge in [0, 0.05) is 29.8 Å². The maximum atomic E-state index is 13.5. The monoisotopic (exact) mass is 444 g/mol. The van der Waals surface area contributed by atoms with Crippen LogP contribution in [0.5, 0.6) is 5.75 Å². The normalized spacial score (nSPS) is 19.8. The predicted molar refractivity (Wildman–Crippen MR) is 123 cm³/mol. The molecule has 0 saturated heterocycles. The summed E-state index contributed by atoms with van der Waals surface area (Å²) in [5, 5.41) is 21.2. The van der Waals surface area contributed by atoms with Crippen LogP contribution < -0.4 is 15.4 Å². The van der Waals surface area contributed by atoms with Gasteiger partial charge < -0.3 is 10.5 Å². The lowest BCUT2D eigenvalue weighted by Gasteiger charge is -2.44. The standard InChI is InChI=1S/C25H24N4O4/c1-25(2)12-19-23(20(30)13-25)22(15-8-10-16(11-9-15)29(31)32)17(14-26)24(27)28(19)18-6-4-5-7-21(18)33-3/h4-11,22H,12-13,27H2,1-3H3/t22-/m1/s1. The first-order valence-electron chi connectivity index (χ1n) is 10.5. The molecule has 0 saturated carbocycles. The van der Waals surface area contributed by atoms with E-state index >= 15 is 0 Å². The number of nitrogens with two attached hydrogens (primary N) is 1. The van der Waals surface area contributed by atoms with E-state index in [2.05, 4.69) is 6.07 Å². The average Bonchev–Trinajstić information content (AvgIpc) is 2.77. The summed E-state index contributed by atoms with van der Waals surface area (Å²) in [5.74, 6) is 0.0221. The molecule has 8 heteroatoms. The zero-order valence-corrected chi connectivity index (χ0v) is 18.7. The third-order valence-corrected chi connectivity index (χ3v) is 6.14. The van der Waals surface area contributed by atoms with Crippen molar-refractivity contribution < 1.29 is 14.5 Å². The molecule has 33 heavy (non-hydrogen) atoms. The number of nitriles is 1. The Bertz CT molecular complexity index is 1250. The Morgan fingerprint density at radius 2 is 1.85 bits per heavy atom. The Balaban J connectivity index is 1.99. The number of para-hydroxylation sites is 2. The van der Waals surface area contributed by atoms with Gasteiger partial charge in [-0.15, -0.1) is 0 Å². The van der Waals surface area contributed by atoms with E-state index in [4.69, 9.17) is 10.5 Å². The molecule has 2 aliphatic rings. The van der Waals surface area contributed by atoms with Gasteiger partial charge >= 0.3 is 0 Å². The molecule has 1 aliphatic heterocycles. The Labute approximate surface area is 191 Å². The van der Waals surface area contributed by atoms with Crippen LogP contribution in [0, 0.1) is 26.9 Å². The topological polar surface area (TPSA) is 122 Å². The third kappa shape index (κ3) is 3.72. The number of nitro benzene ring substituents is 1. The van der Waals surface area contributed by atoms with Gasteiger partial charge in [0.1, 0.15) is 11.6 Å². The van der Waals surface area contributed by atoms with Crippen LogP contribution in [0.2, 0.25) is 0 Å². The summed E-state index contributed by atoms with van der Waals surface area (Å²) in [6, 6.07) is 15.5. The minimum Gasteiger partial charge on any atom is -0.495 e. The number of ether oxygens (including phenoxy) is 1. The van der Waals surface area contributed by atoms with Gasteiger partial charge in [-0.25, -0.2) is 0 Å². The number of ketones is 1. The van der Waals surface area contributed by atoms with Crippen LogP contribution in [-0.4, -0.2) is 17.8 Å². The molecule has 2 aromatic rings. The number of rotatable bonds is 4. The number of benzene rings is 2. The van der Waals surface area contributed by atoms with E-state index in [1.54, 1.807) is 30.2 Å². The van der Waals surface area contributed by atoms with Crippen LogP contribution in [0.15, 0.2) is 71.2 Å². The number of allylic oxidation sites excluding steroid dienone is 3. The molecule has 1 atom stereocenters. The number of carbonyl (C=O) groups excluding carboxylic acids is 1. The Morgan fingerprint density at radius 1 is 1.18 bits per heavy atom. The number of methoxy groups -OCH3 is 1. The van der Waals surface area contributed by atoms with Crippen LogP contribution in [0.4, 0.5) is 11.4 Å². The van der Waals surface area contributed by atoms with Crippen LogP contribution in [0.1, 0.15) is 38.2 Å². The summed E-state index contributed by atoms with van der Waals surface area (Å²) in [5.41, 5.74) is 8.94. The molecule has 0 fully saturated rings. The lowest BCUT2D eigenvalue weighted by Crippen LogP contribution is -2.42. The minimum absolute atomic E-state index is 0.0639. The highest BCUT2D eigenvalue weighted by Gasteiger charge is 2.45. The van der Waals surface area contributed by atoms with Gasteiger partial charge in [0.15, 0.2) is 5.78 Å². The van der Waals surface area contributed by atoms with Gasteiger partial charge in [-0.05, 0) is 29.5 Å². The van der Waals surface area contributed by atoms with Gasteiger partial charge in [-0.2, -0.15) is 5.26 Å². The summed E-state index contributed by atoms with van der Waals surface area (Å²) in [6.07, 6.45) is 0.892. The molecule has 1 aliphatic carbocycles. The number of Topliss-reactive ketones (excluding diaryl/α,β-unsaturated/α-hetero) is 1. The van der Waals surface area contributed by atoms with Crippen molar-refractivity contribution in [2.75, 3.05) is 12.0 Å². The largest absolute Gasteiger partial charge is 0.495 e. The molecule has 0 spiro atoms. The molecule has 0 radical (unpaired) electrons. The molecule has 168 valence electrons. The van der Waals surface area contributed by atoms with Crippen molar-refractivity contribution in [2.45, 2.75) is 32.6 Å². The number of anilines is 1. The Hall–Kier alpha value is -4.12. The highest BCUT2D eigenvalue weighted by Crippen LogP contribution is 2.51. The third-order valence-electron chi connectivity index (χ3n) is 6.14. The van der Waals surface area contributed by atoms with Crippen LogP contribution >= 0.6 is 0 Å². The molecule has 0 bridgehead atoms. The number of hydrogen-bond acceptors (Lipinski definition) is 7. The van der Waals surface area contributed by atoms with Crippen LogP contribution in [-0.2, 0) is 4.79 Å². The minimum atomic E-state index is -0.694. The molecule has 0 unspecified atom stereocenters. The molecule has 0 aromatic heterocycles. The first-order valence-corrected chi connectivity index (χ1v) is 10.5. The zero-order valence-electron chi connectivity index (χ0n) is 18.7. The average molecular weight is 444 g/mol. The molecule has 1 heterocycles. The summed E-state index contributed by atoms with van der Waals surface area (Å²) in [6.45, 7) is 4.05. The second-order valence-electron chi connectivity index (χ2n) is 9.00. The predicted octanol–water partition coefficient (Wildman–Crippen LogP) is 4.54. The lowest BCUT2D eigenvalue weighted by atomic mass is 9.68. The molecular formula is C25H24N4O4. The first kappa shape index (κ1) is 22.1. The number of nitro groups is 1. The van der Waals surface area contributed by atoms with Gasteiger partial charge in [-0.3, -0.25) is 19.8 Å². The molecule has 8 nitrogen and oxygen atoms in total. The number of non-ortho nitro benzene ring substituents is 1. The molecule has 2 N–H and O–H groups in total. The Kier molecular flexibility index (Phi) is 5.42. The van der Waals surface area contributed by atoms with Crippen LogP contribution in [0.3, 0.4) is 0 Å². The number of nitrogens with zero attached hydrogens (tertiary/aromatic N) is 3. The summed E-state index contributed by atoms with van der Waals surface area (Å²) >= 11 is 0. The fraction of sp³-hybridized carbons (Fsp3) is 0.280. The van der Waals surface area contributed by atoms with Crippen molar-refractivity contribution in [2.24, 2.45) is 11.1 Å². The van der Waals surface area contributed by atoms with Crippen LogP contribution in [0.25, 0.3) is 0 Å². The van der Waals surface area contributed by atoms with Crippen molar-refractivity contribution in [3.63, 3.8) is 0 Å². The van der Waals surface area contributed by atoms with E-state index in [9.17, 15) is 20.2 Å². The van der Waals surface area contributed by atoms with E-state index in [0.717, 1.165) is 5.70 Å². The highest BCUT2D eigenvalue weighted by molar-refractivity contribution is 6.01. The fourth-order valence-electron chi connectivity index (χ4n) is 4.72. The van der Waals surface area contributed by atoms with Gasteiger partial charge in [0.25, 0.3) is 5.69 Å². The summed E-state index contributed by atoms with van der Waals surface area (Å²) in [4.78, 5) is 25.9. The molecule has 2 aromatic carbocycles. The summed E-state index contributed by atoms with van der Waals surface area (Å²) < 4.78 is 5.55. The fourth-order valence-corrected chi connectivity index (χ4v) is 4.72. The Morgan fingerprint density at radius 3 is 2.45 bits per heavy atom. The lowest BCUT2D eigenvalue weighted by molar-refractivity contribution is -0.384. The number of carbonyl (C=O) groups is 1. The molecule has 0 amide bonds. The van der Waals surface area contributed by atoms with Crippen molar-refractivity contribution in [3.05, 3.63) is 86.9 Å². The van der Waals surface area contributed by atoms with Gasteiger partial charge in [0.2, 0.25) is 0 Å². The van der Waals surface area contributed by atoms with E-state index in [1.165, 1.54) is 12.1 Å². The smallest absolute Gasteiger partial charge is 0.269 e. The van der Waals surface area contributed by atoms with Gasteiger partial charge in [-0.1, -0.05) is 38.1 Å². The van der Waals surface area contributed by atoms with Gasteiger partial charge in [0.05, 0.1) is 35.3 Å². The highest BCUT2D eigenvalue weighted by atomic mass is 16.6. The summed E-state index contributed by atoms with van der Waals surface area (Å²) in [7, 11) is 1.55. The second kappa shape index (κ2) is 8.10. The van der Waals surface area contributed by atoms with E-state index in [-0.39, 0.29) is 28.3 Å². The molecule has 4 rings (SSSR count). The molecular weight excluding hydrogens is 420 g/mol. The SMILES string of the molecule is COc1ccccc1N1C(N)=C(C#N)[C@@H](c2ccc([N+](=O)[O-])cc2)C2=C1CC(C)(C)CC2=O. The van der Waals surface area contributed by atoms with Crippen molar-refractivity contribution in [1.82, 2.24) is 0 Å². The van der Waals surface area contributed by atoms with E-state index in [1.807, 2.05) is 32.0 Å². The zero-order chi connectivity index (χ0) is 23.9. The number of hydrogen-bond donors (Lipinski definition) is 1. The maximum absolute atomic E-state index is 13.5. The quantitative estimate of drug-likeness (QED) is 0.542. The van der Waals surface area contributed by atoms with E-state index in [0.29, 0.717) is 35.4 Å². The maximum Gasteiger partial charge on any atom is 0.269 e. The first-order chi connectivity index (χ1) is 15.7. The van der Waals surface area contributed by atoms with Crippen molar-refractivity contribution in [3.8, 4) is 11.8 Å². The van der Waals surface area contributed by atoms with Crippen molar-refractivity contribution in [1.29, 1.82) is 5.26 Å². The van der Waals surface area contributed by atoms with Crippen molar-refractivity contribution >= 4 is 17.2 Å². The second-order valence-corrected chi connectivity index (χ2v) is 9.00.